The SMILES string of the molecule is O=C(O)CN(CC1CC1)C1CC(Nc2cnc3cc(F)c(F)cc3n2)C1. The van der Waals surface area contributed by atoms with E-state index in [-0.39, 0.29) is 18.6 Å². The number of aliphatic carboxylic acids is 1. The van der Waals surface area contributed by atoms with Gasteiger partial charge in [-0.3, -0.25) is 14.7 Å². The Bertz CT molecular complexity index is 837. The first kappa shape index (κ1) is 17.1. The van der Waals surface area contributed by atoms with Crippen LogP contribution < -0.4 is 5.32 Å². The summed E-state index contributed by atoms with van der Waals surface area (Å²) in [6.07, 6.45) is 5.55. The second-order valence-corrected chi connectivity index (χ2v) is 7.24. The summed E-state index contributed by atoms with van der Waals surface area (Å²) in [7, 11) is 0. The van der Waals surface area contributed by atoms with E-state index >= 15 is 0 Å². The number of hydrogen-bond donors (Lipinski definition) is 2. The Morgan fingerprint density at radius 3 is 2.58 bits per heavy atom. The maximum atomic E-state index is 13.4. The van der Waals surface area contributed by atoms with Crippen LogP contribution in [-0.2, 0) is 4.79 Å². The summed E-state index contributed by atoms with van der Waals surface area (Å²) in [5.41, 5.74) is 0.601. The molecule has 0 radical (unpaired) electrons. The molecule has 6 nitrogen and oxygen atoms in total. The summed E-state index contributed by atoms with van der Waals surface area (Å²) >= 11 is 0. The lowest BCUT2D eigenvalue weighted by Crippen LogP contribution is -2.52. The van der Waals surface area contributed by atoms with E-state index in [0.29, 0.717) is 22.8 Å². The highest BCUT2D eigenvalue weighted by molar-refractivity contribution is 5.75. The lowest BCUT2D eigenvalue weighted by Gasteiger charge is -2.43. The predicted molar refractivity (Wildman–Crippen MR) is 91.8 cm³/mol. The van der Waals surface area contributed by atoms with E-state index < -0.39 is 17.6 Å². The molecule has 0 bridgehead atoms. The molecule has 138 valence electrons. The quantitative estimate of drug-likeness (QED) is 0.788. The molecule has 0 unspecified atom stereocenters. The first-order valence-corrected chi connectivity index (χ1v) is 8.82. The first-order valence-electron chi connectivity index (χ1n) is 8.82. The fourth-order valence-corrected chi connectivity index (χ4v) is 3.44. The zero-order valence-corrected chi connectivity index (χ0v) is 14.2. The number of carbonyl (C=O) groups is 1. The minimum atomic E-state index is -0.947. The van der Waals surface area contributed by atoms with Crippen molar-refractivity contribution in [3.63, 3.8) is 0 Å². The van der Waals surface area contributed by atoms with Gasteiger partial charge in [0.25, 0.3) is 0 Å². The Balaban J connectivity index is 1.37. The highest BCUT2D eigenvalue weighted by Crippen LogP contribution is 2.34. The minimum Gasteiger partial charge on any atom is -0.480 e. The second-order valence-electron chi connectivity index (χ2n) is 7.24. The van der Waals surface area contributed by atoms with Gasteiger partial charge < -0.3 is 10.4 Å². The largest absolute Gasteiger partial charge is 0.480 e. The van der Waals surface area contributed by atoms with Crippen molar-refractivity contribution in [3.05, 3.63) is 30.0 Å². The van der Waals surface area contributed by atoms with Gasteiger partial charge in [0.1, 0.15) is 5.82 Å². The van der Waals surface area contributed by atoms with E-state index in [4.69, 9.17) is 5.11 Å². The van der Waals surface area contributed by atoms with E-state index in [9.17, 15) is 13.6 Å². The fourth-order valence-electron chi connectivity index (χ4n) is 3.44. The number of aromatic nitrogens is 2. The molecular weight excluding hydrogens is 342 g/mol. The van der Waals surface area contributed by atoms with Crippen LogP contribution >= 0.6 is 0 Å². The summed E-state index contributed by atoms with van der Waals surface area (Å²) in [4.78, 5) is 21.5. The molecule has 0 amide bonds. The van der Waals surface area contributed by atoms with E-state index in [1.807, 2.05) is 0 Å². The number of nitrogens with one attached hydrogen (secondary N) is 1. The number of carboxylic acid groups (broad SMARTS) is 1. The topological polar surface area (TPSA) is 78.4 Å². The highest BCUT2D eigenvalue weighted by Gasteiger charge is 2.37. The third-order valence-corrected chi connectivity index (χ3v) is 5.09. The predicted octanol–water partition coefficient (Wildman–Crippen LogP) is 2.65. The molecule has 0 atom stereocenters. The summed E-state index contributed by atoms with van der Waals surface area (Å²) in [5.74, 6) is -1.53. The van der Waals surface area contributed by atoms with Crippen LogP contribution in [-0.4, -0.2) is 51.1 Å². The maximum absolute atomic E-state index is 13.4. The summed E-state index contributed by atoms with van der Waals surface area (Å²) in [6.45, 7) is 0.929. The van der Waals surface area contributed by atoms with Gasteiger partial charge in [-0.1, -0.05) is 0 Å². The third-order valence-electron chi connectivity index (χ3n) is 5.09. The zero-order valence-electron chi connectivity index (χ0n) is 14.2. The van der Waals surface area contributed by atoms with Crippen LogP contribution in [0.5, 0.6) is 0 Å². The van der Waals surface area contributed by atoms with E-state index in [0.717, 1.165) is 31.5 Å². The standard InChI is InChI=1S/C18H20F2N4O2/c19-13-5-15-16(6-14(13)20)23-17(7-21-15)22-11-3-12(4-11)24(9-18(25)26)8-10-1-2-10/h5-7,10-12H,1-4,8-9H2,(H,22,23)(H,25,26). The van der Waals surface area contributed by atoms with E-state index in [2.05, 4.69) is 20.2 Å². The van der Waals surface area contributed by atoms with Crippen LogP contribution in [0.4, 0.5) is 14.6 Å². The Kier molecular flexibility index (Phi) is 4.44. The number of nitrogens with zero attached hydrogens (tertiary/aromatic N) is 3. The lowest BCUT2D eigenvalue weighted by molar-refractivity contribution is -0.139. The molecule has 2 aliphatic rings. The minimum absolute atomic E-state index is 0.0779. The van der Waals surface area contributed by atoms with Crippen LogP contribution in [0, 0.1) is 17.6 Å². The van der Waals surface area contributed by atoms with Gasteiger partial charge in [0.05, 0.1) is 23.8 Å². The number of carboxylic acids is 1. The molecule has 2 saturated carbocycles. The monoisotopic (exact) mass is 362 g/mol. The van der Waals surface area contributed by atoms with Gasteiger partial charge in [0.15, 0.2) is 11.6 Å². The molecule has 0 aliphatic heterocycles. The lowest BCUT2D eigenvalue weighted by atomic mass is 9.85. The van der Waals surface area contributed by atoms with Gasteiger partial charge in [0.2, 0.25) is 0 Å². The molecule has 2 aliphatic carbocycles. The summed E-state index contributed by atoms with van der Waals surface area (Å²) in [5, 5.41) is 12.3. The van der Waals surface area contributed by atoms with Crippen molar-refractivity contribution >= 4 is 22.8 Å². The van der Waals surface area contributed by atoms with Crippen molar-refractivity contribution in [2.45, 2.75) is 37.8 Å². The van der Waals surface area contributed by atoms with Gasteiger partial charge in [-0.2, -0.15) is 0 Å². The molecule has 1 aromatic carbocycles. The summed E-state index contributed by atoms with van der Waals surface area (Å²) in [6, 6.07) is 2.50. The van der Waals surface area contributed by atoms with Crippen molar-refractivity contribution in [1.82, 2.24) is 14.9 Å². The molecule has 0 saturated heterocycles. The van der Waals surface area contributed by atoms with Crippen molar-refractivity contribution in [3.8, 4) is 0 Å². The molecule has 1 heterocycles. The number of benzene rings is 1. The highest BCUT2D eigenvalue weighted by atomic mass is 19.2. The Morgan fingerprint density at radius 2 is 1.92 bits per heavy atom. The second kappa shape index (κ2) is 6.75. The van der Waals surface area contributed by atoms with Gasteiger partial charge in [0, 0.05) is 30.8 Å². The molecule has 4 rings (SSSR count). The van der Waals surface area contributed by atoms with Crippen LogP contribution in [0.2, 0.25) is 0 Å². The molecule has 8 heteroatoms. The zero-order chi connectivity index (χ0) is 18.3. The number of hydrogen-bond acceptors (Lipinski definition) is 5. The molecule has 2 aromatic rings. The van der Waals surface area contributed by atoms with Crippen molar-refractivity contribution in [2.75, 3.05) is 18.4 Å². The van der Waals surface area contributed by atoms with E-state index in [1.54, 1.807) is 0 Å². The maximum Gasteiger partial charge on any atom is 0.317 e. The number of anilines is 1. The Hall–Kier alpha value is -2.35. The van der Waals surface area contributed by atoms with Gasteiger partial charge in [-0.25, -0.2) is 13.8 Å². The average molecular weight is 362 g/mol. The average Bonchev–Trinajstić information content (AvgIpc) is 3.35. The van der Waals surface area contributed by atoms with Crippen LogP contribution in [0.3, 0.4) is 0 Å². The fraction of sp³-hybridized carbons (Fsp3) is 0.500. The molecular formula is C18H20F2N4O2. The Labute approximate surface area is 149 Å². The molecule has 2 fully saturated rings. The van der Waals surface area contributed by atoms with Gasteiger partial charge in [-0.05, 0) is 31.6 Å². The molecule has 26 heavy (non-hydrogen) atoms. The number of halogens is 2. The van der Waals surface area contributed by atoms with Gasteiger partial charge >= 0.3 is 5.97 Å². The van der Waals surface area contributed by atoms with Crippen molar-refractivity contribution < 1.29 is 18.7 Å². The smallest absolute Gasteiger partial charge is 0.317 e. The summed E-state index contributed by atoms with van der Waals surface area (Å²) < 4.78 is 26.6. The van der Waals surface area contributed by atoms with Crippen LogP contribution in [0.1, 0.15) is 25.7 Å². The van der Waals surface area contributed by atoms with Gasteiger partial charge in [-0.15, -0.1) is 0 Å². The normalized spacial score (nSPS) is 22.4. The molecule has 0 spiro atoms. The number of rotatable bonds is 7. The van der Waals surface area contributed by atoms with Crippen LogP contribution in [0.15, 0.2) is 18.3 Å². The van der Waals surface area contributed by atoms with E-state index in [1.165, 1.54) is 19.0 Å². The first-order chi connectivity index (χ1) is 12.5. The molecule has 1 aromatic heterocycles. The Morgan fingerprint density at radius 1 is 1.23 bits per heavy atom. The number of fused-ring (bicyclic) bond motifs is 1. The van der Waals surface area contributed by atoms with Crippen LogP contribution in [0.25, 0.3) is 11.0 Å². The van der Waals surface area contributed by atoms with Crippen molar-refractivity contribution in [2.24, 2.45) is 5.92 Å². The van der Waals surface area contributed by atoms with Crippen molar-refractivity contribution in [1.29, 1.82) is 0 Å². The third kappa shape index (κ3) is 3.75. The molecule has 2 N–H and O–H groups in total.